The van der Waals surface area contributed by atoms with Crippen LogP contribution < -0.4 is 20.1 Å². The zero-order chi connectivity index (χ0) is 25.2. The average Bonchev–Trinajstić information content (AvgIpc) is 2.81. The number of ether oxygens (including phenoxy) is 2. The van der Waals surface area contributed by atoms with Crippen molar-refractivity contribution >= 4 is 45.6 Å². The maximum Gasteiger partial charge on any atom is 0.229 e. The van der Waals surface area contributed by atoms with Gasteiger partial charge in [-0.15, -0.1) is 0 Å². The number of pyridine rings is 1. The van der Waals surface area contributed by atoms with Gasteiger partial charge in [-0.1, -0.05) is 11.6 Å². The van der Waals surface area contributed by atoms with Crippen LogP contribution >= 0.6 is 11.6 Å². The lowest BCUT2D eigenvalue weighted by molar-refractivity contribution is 0.0383. The van der Waals surface area contributed by atoms with E-state index < -0.39 is 5.82 Å². The summed E-state index contributed by atoms with van der Waals surface area (Å²) in [6.45, 7) is 0. The molecule has 2 heterocycles. The molecule has 1 fully saturated rings. The van der Waals surface area contributed by atoms with Gasteiger partial charge in [0.15, 0.2) is 17.3 Å². The molecule has 10 heteroatoms. The first-order chi connectivity index (χ1) is 17.4. The Morgan fingerprint density at radius 3 is 2.61 bits per heavy atom. The van der Waals surface area contributed by atoms with Gasteiger partial charge in [0, 0.05) is 34.4 Å². The van der Waals surface area contributed by atoms with Crippen molar-refractivity contribution in [2.75, 3.05) is 31.8 Å². The zero-order valence-electron chi connectivity index (χ0n) is 20.1. The lowest BCUT2D eigenvalue weighted by atomic mass is 9.88. The van der Waals surface area contributed by atoms with E-state index in [-0.39, 0.29) is 11.6 Å². The highest BCUT2D eigenvalue weighted by molar-refractivity contribution is 6.31. The predicted molar refractivity (Wildman–Crippen MR) is 139 cm³/mol. The molecule has 2 N–H and O–H groups in total. The summed E-state index contributed by atoms with van der Waals surface area (Å²) in [5.41, 5.74) is 1.66. The molecule has 1 aliphatic rings. The van der Waals surface area contributed by atoms with Crippen LogP contribution in [0, 0.1) is 5.82 Å². The SMILES string of the molecule is COc1cc(Nc2nccc(Nc3cnc4c(F)cc(Cl)cc4c3)n2)ccc1OC1CC(N(C)C)C1. The van der Waals surface area contributed by atoms with E-state index in [0.717, 1.165) is 18.5 Å². The van der Waals surface area contributed by atoms with E-state index in [1.54, 1.807) is 37.7 Å². The van der Waals surface area contributed by atoms with Gasteiger partial charge in [-0.25, -0.2) is 9.37 Å². The normalized spacial score (nSPS) is 17.1. The summed E-state index contributed by atoms with van der Waals surface area (Å²) in [7, 11) is 5.79. The van der Waals surface area contributed by atoms with Crippen molar-refractivity contribution in [3.63, 3.8) is 0 Å². The van der Waals surface area contributed by atoms with E-state index >= 15 is 0 Å². The number of halogens is 2. The number of methoxy groups -OCH3 is 1. The summed E-state index contributed by atoms with van der Waals surface area (Å²) >= 11 is 5.98. The summed E-state index contributed by atoms with van der Waals surface area (Å²) in [6.07, 6.45) is 5.36. The van der Waals surface area contributed by atoms with Gasteiger partial charge in [0.05, 0.1) is 19.0 Å². The van der Waals surface area contributed by atoms with Gasteiger partial charge in [-0.3, -0.25) is 4.98 Å². The Morgan fingerprint density at radius 1 is 1.00 bits per heavy atom. The second-order valence-electron chi connectivity index (χ2n) is 8.89. The summed E-state index contributed by atoms with van der Waals surface area (Å²) in [5.74, 6) is 1.82. The number of rotatable bonds is 8. The van der Waals surface area contributed by atoms with Crippen LogP contribution in [0.1, 0.15) is 12.8 Å². The Labute approximate surface area is 213 Å². The molecule has 2 aromatic heterocycles. The number of hydrogen-bond donors (Lipinski definition) is 2. The third-order valence-electron chi connectivity index (χ3n) is 6.14. The van der Waals surface area contributed by atoms with Gasteiger partial charge >= 0.3 is 0 Å². The third-order valence-corrected chi connectivity index (χ3v) is 6.36. The van der Waals surface area contributed by atoms with Gasteiger partial charge in [-0.2, -0.15) is 4.98 Å². The van der Waals surface area contributed by atoms with Crippen molar-refractivity contribution in [2.24, 2.45) is 0 Å². The fraction of sp³-hybridized carbons (Fsp3) is 0.269. The van der Waals surface area contributed by atoms with E-state index in [1.165, 1.54) is 6.07 Å². The Hall–Kier alpha value is -3.69. The summed E-state index contributed by atoms with van der Waals surface area (Å²) in [5, 5.41) is 7.26. The van der Waals surface area contributed by atoms with Crippen LogP contribution in [0.25, 0.3) is 10.9 Å². The smallest absolute Gasteiger partial charge is 0.229 e. The molecule has 0 unspecified atom stereocenters. The van der Waals surface area contributed by atoms with Crippen molar-refractivity contribution in [2.45, 2.75) is 25.0 Å². The predicted octanol–water partition coefficient (Wildman–Crippen LogP) is 5.78. The first kappa shape index (κ1) is 24.0. The molecule has 0 radical (unpaired) electrons. The molecular weight excluding hydrogens is 483 g/mol. The summed E-state index contributed by atoms with van der Waals surface area (Å²) in [4.78, 5) is 15.2. The maximum atomic E-state index is 14.1. The Kier molecular flexibility index (Phi) is 6.75. The Balaban J connectivity index is 1.27. The second kappa shape index (κ2) is 10.1. The fourth-order valence-electron chi connectivity index (χ4n) is 4.08. The van der Waals surface area contributed by atoms with Crippen molar-refractivity contribution in [3.8, 4) is 11.5 Å². The minimum Gasteiger partial charge on any atom is -0.493 e. The minimum absolute atomic E-state index is 0.188. The molecule has 0 spiro atoms. The first-order valence-corrected chi connectivity index (χ1v) is 11.9. The molecule has 0 aliphatic heterocycles. The topological polar surface area (TPSA) is 84.4 Å². The number of fused-ring (bicyclic) bond motifs is 1. The molecular formula is C26H26ClFN6O2. The van der Waals surface area contributed by atoms with Crippen LogP contribution in [0.15, 0.2) is 54.9 Å². The van der Waals surface area contributed by atoms with Crippen LogP contribution in [-0.4, -0.2) is 53.2 Å². The molecule has 2 aromatic carbocycles. The van der Waals surface area contributed by atoms with Crippen LogP contribution in [0.3, 0.4) is 0 Å². The van der Waals surface area contributed by atoms with Crippen molar-refractivity contribution in [3.05, 3.63) is 65.7 Å². The third kappa shape index (κ3) is 5.27. The highest BCUT2D eigenvalue weighted by Gasteiger charge is 2.32. The Morgan fingerprint density at radius 2 is 1.83 bits per heavy atom. The van der Waals surface area contributed by atoms with Crippen LogP contribution in [-0.2, 0) is 0 Å². The number of aromatic nitrogens is 3. The molecule has 5 rings (SSSR count). The number of benzene rings is 2. The van der Waals surface area contributed by atoms with Gasteiger partial charge < -0.3 is 25.0 Å². The monoisotopic (exact) mass is 508 g/mol. The average molecular weight is 509 g/mol. The number of hydrogen-bond acceptors (Lipinski definition) is 8. The molecule has 186 valence electrons. The molecule has 0 atom stereocenters. The van der Waals surface area contributed by atoms with Crippen molar-refractivity contribution < 1.29 is 13.9 Å². The maximum absolute atomic E-state index is 14.1. The van der Waals surface area contributed by atoms with Gasteiger partial charge in [0.25, 0.3) is 0 Å². The van der Waals surface area contributed by atoms with E-state index in [9.17, 15) is 4.39 Å². The zero-order valence-corrected chi connectivity index (χ0v) is 20.9. The van der Waals surface area contributed by atoms with E-state index in [0.29, 0.717) is 45.4 Å². The first-order valence-electron chi connectivity index (χ1n) is 11.5. The van der Waals surface area contributed by atoms with Crippen LogP contribution in [0.2, 0.25) is 5.02 Å². The standard InChI is InChI=1S/C26H26ClFN6O2/c1-34(2)19-12-20(13-19)36-22-5-4-17(11-23(22)35-3)32-26-29-7-6-24(33-26)31-18-9-15-8-16(27)10-21(28)25(15)30-14-18/h4-11,14,19-20H,12-13H2,1-3H3,(H2,29,31,32,33). The molecule has 0 bridgehead atoms. The second-order valence-corrected chi connectivity index (χ2v) is 9.33. The molecule has 36 heavy (non-hydrogen) atoms. The van der Waals surface area contributed by atoms with Crippen molar-refractivity contribution in [1.29, 1.82) is 0 Å². The van der Waals surface area contributed by atoms with E-state index in [2.05, 4.69) is 44.6 Å². The quantitative estimate of drug-likeness (QED) is 0.309. The number of nitrogens with zero attached hydrogens (tertiary/aromatic N) is 4. The molecule has 0 amide bonds. The van der Waals surface area contributed by atoms with Crippen molar-refractivity contribution in [1.82, 2.24) is 19.9 Å². The van der Waals surface area contributed by atoms with E-state index in [1.807, 2.05) is 18.2 Å². The van der Waals surface area contributed by atoms with Gasteiger partial charge in [-0.05, 0) is 63.3 Å². The van der Waals surface area contributed by atoms with Crippen LogP contribution in [0.5, 0.6) is 11.5 Å². The molecule has 0 saturated heterocycles. The largest absolute Gasteiger partial charge is 0.493 e. The lowest BCUT2D eigenvalue weighted by Gasteiger charge is -2.39. The highest BCUT2D eigenvalue weighted by Crippen LogP contribution is 2.36. The number of anilines is 4. The van der Waals surface area contributed by atoms with Crippen LogP contribution in [0.4, 0.5) is 27.5 Å². The number of nitrogens with one attached hydrogen (secondary N) is 2. The molecule has 1 aliphatic carbocycles. The van der Waals surface area contributed by atoms with Gasteiger partial charge in [0.2, 0.25) is 5.95 Å². The van der Waals surface area contributed by atoms with Gasteiger partial charge in [0.1, 0.15) is 17.4 Å². The van der Waals surface area contributed by atoms with E-state index in [4.69, 9.17) is 21.1 Å². The minimum atomic E-state index is -0.463. The Bertz CT molecular complexity index is 1400. The highest BCUT2D eigenvalue weighted by atomic mass is 35.5. The summed E-state index contributed by atoms with van der Waals surface area (Å²) in [6, 6.07) is 12.6. The summed E-state index contributed by atoms with van der Waals surface area (Å²) < 4.78 is 25.7. The molecule has 1 saturated carbocycles. The lowest BCUT2D eigenvalue weighted by Crippen LogP contribution is -2.46. The molecule has 8 nitrogen and oxygen atoms in total. The fourth-order valence-corrected chi connectivity index (χ4v) is 4.30. The molecule has 4 aromatic rings.